The fourth-order valence-electron chi connectivity index (χ4n) is 4.26. The number of carbonyl (C=O) groups excluding carboxylic acids is 1. The number of carbonyl (C=O) groups is 1. The lowest BCUT2D eigenvalue weighted by atomic mass is 9.88. The average Bonchev–Trinajstić information content (AvgIpc) is 2.80. The molecule has 3 aromatic rings. The molecule has 0 saturated carbocycles. The highest BCUT2D eigenvalue weighted by Gasteiger charge is 2.30. The first-order chi connectivity index (χ1) is 14.8. The molecule has 0 aliphatic carbocycles. The van der Waals surface area contributed by atoms with Crippen molar-refractivity contribution < 1.29 is 4.79 Å². The summed E-state index contributed by atoms with van der Waals surface area (Å²) in [6.07, 6.45) is 8.13. The van der Waals surface area contributed by atoms with Crippen LogP contribution in [0, 0.1) is 5.92 Å². The van der Waals surface area contributed by atoms with E-state index in [1.165, 1.54) is 5.56 Å². The molecular formula is C25H28N4O. The number of hydrogen-bond donors (Lipinski definition) is 1. The first-order valence-corrected chi connectivity index (χ1v) is 10.6. The van der Waals surface area contributed by atoms with Crippen LogP contribution in [-0.4, -0.2) is 33.9 Å². The van der Waals surface area contributed by atoms with E-state index in [2.05, 4.69) is 26.3 Å². The lowest BCUT2D eigenvalue weighted by Gasteiger charge is -2.37. The van der Waals surface area contributed by atoms with E-state index in [1.807, 2.05) is 73.2 Å². The summed E-state index contributed by atoms with van der Waals surface area (Å²) in [5.74, 6) is 0.367. The molecule has 3 heterocycles. The first kappa shape index (κ1) is 20.2. The molecule has 5 heteroatoms. The lowest BCUT2D eigenvalue weighted by Crippen LogP contribution is -2.43. The fourth-order valence-corrected chi connectivity index (χ4v) is 4.26. The predicted octanol–water partition coefficient (Wildman–Crippen LogP) is 3.79. The minimum atomic E-state index is -0.0842. The molecule has 1 N–H and O–H groups in total. The summed E-state index contributed by atoms with van der Waals surface area (Å²) < 4.78 is 0. The van der Waals surface area contributed by atoms with E-state index in [9.17, 15) is 4.79 Å². The van der Waals surface area contributed by atoms with E-state index < -0.39 is 0 Å². The second kappa shape index (κ2) is 10.1. The average molecular weight is 401 g/mol. The third-order valence-electron chi connectivity index (χ3n) is 5.67. The summed E-state index contributed by atoms with van der Waals surface area (Å²) in [7, 11) is 0. The maximum atomic E-state index is 12.9. The van der Waals surface area contributed by atoms with Crippen LogP contribution in [0.2, 0.25) is 0 Å². The largest absolute Gasteiger partial charge is 0.347 e. The number of nitrogens with one attached hydrogen (secondary N) is 1. The Hall–Kier alpha value is -3.05. The van der Waals surface area contributed by atoms with Crippen molar-refractivity contribution in [1.29, 1.82) is 0 Å². The molecule has 2 aromatic heterocycles. The zero-order chi connectivity index (χ0) is 20.6. The van der Waals surface area contributed by atoms with Crippen LogP contribution in [0.4, 0.5) is 0 Å². The van der Waals surface area contributed by atoms with E-state index >= 15 is 0 Å². The maximum absolute atomic E-state index is 12.9. The molecule has 0 radical (unpaired) electrons. The number of pyridine rings is 2. The van der Waals surface area contributed by atoms with Crippen LogP contribution in [0.1, 0.15) is 35.7 Å². The second-order valence-corrected chi connectivity index (χ2v) is 7.96. The third kappa shape index (κ3) is 5.51. The Morgan fingerprint density at radius 1 is 1.03 bits per heavy atom. The summed E-state index contributed by atoms with van der Waals surface area (Å²) in [6, 6.07) is 19.8. The van der Waals surface area contributed by atoms with E-state index in [0.29, 0.717) is 12.3 Å². The van der Waals surface area contributed by atoms with E-state index in [4.69, 9.17) is 0 Å². The van der Waals surface area contributed by atoms with E-state index in [0.717, 1.165) is 43.7 Å². The van der Waals surface area contributed by atoms with Crippen molar-refractivity contribution in [3.63, 3.8) is 0 Å². The predicted molar refractivity (Wildman–Crippen MR) is 118 cm³/mol. The molecule has 1 fully saturated rings. The Labute approximate surface area is 178 Å². The number of aromatic nitrogens is 2. The van der Waals surface area contributed by atoms with Crippen molar-refractivity contribution in [2.24, 2.45) is 5.92 Å². The molecule has 0 spiro atoms. The molecule has 154 valence electrons. The van der Waals surface area contributed by atoms with Gasteiger partial charge in [-0.1, -0.05) is 42.5 Å². The van der Waals surface area contributed by atoms with Gasteiger partial charge in [0.05, 0.1) is 18.2 Å². The van der Waals surface area contributed by atoms with Gasteiger partial charge in [0.2, 0.25) is 5.91 Å². The molecule has 30 heavy (non-hydrogen) atoms. The number of nitrogens with zero attached hydrogens (tertiary/aromatic N) is 3. The summed E-state index contributed by atoms with van der Waals surface area (Å²) in [5, 5.41) is 3.30. The van der Waals surface area contributed by atoms with Gasteiger partial charge in [-0.25, -0.2) is 0 Å². The van der Waals surface area contributed by atoms with Gasteiger partial charge < -0.3 is 5.32 Å². The summed E-state index contributed by atoms with van der Waals surface area (Å²) in [6.45, 7) is 2.89. The minimum Gasteiger partial charge on any atom is -0.347 e. The van der Waals surface area contributed by atoms with Crippen molar-refractivity contribution in [3.8, 4) is 0 Å². The van der Waals surface area contributed by atoms with E-state index in [-0.39, 0.29) is 11.9 Å². The summed E-state index contributed by atoms with van der Waals surface area (Å²) >= 11 is 0. The molecule has 1 aliphatic rings. The number of rotatable bonds is 7. The summed E-state index contributed by atoms with van der Waals surface area (Å²) in [5.41, 5.74) is 3.18. The minimum absolute atomic E-state index is 0.0428. The molecule has 4 rings (SSSR count). The van der Waals surface area contributed by atoms with Crippen molar-refractivity contribution >= 4 is 5.91 Å². The van der Waals surface area contributed by atoms with Gasteiger partial charge in [0.25, 0.3) is 0 Å². The van der Waals surface area contributed by atoms with Gasteiger partial charge in [0.15, 0.2) is 0 Å². The topological polar surface area (TPSA) is 58.1 Å². The van der Waals surface area contributed by atoms with Crippen molar-refractivity contribution in [2.75, 3.05) is 13.1 Å². The Morgan fingerprint density at radius 2 is 1.87 bits per heavy atom. The molecule has 1 saturated heterocycles. The number of likely N-dealkylation sites (tertiary alicyclic amines) is 1. The SMILES string of the molecule is O=C(Cc1ccccc1)N[C@@H](c1ccccn1)[C@H]1CCCN(Cc2cccnc2)C1. The van der Waals surface area contributed by atoms with Gasteiger partial charge in [0, 0.05) is 31.7 Å². The molecule has 1 aromatic carbocycles. The van der Waals surface area contributed by atoms with Crippen LogP contribution in [0.5, 0.6) is 0 Å². The van der Waals surface area contributed by atoms with Crippen molar-refractivity contribution in [2.45, 2.75) is 31.8 Å². The number of benzene rings is 1. The van der Waals surface area contributed by atoms with Gasteiger partial charge in [-0.3, -0.25) is 19.7 Å². The Balaban J connectivity index is 1.47. The molecule has 0 unspecified atom stereocenters. The highest BCUT2D eigenvalue weighted by Crippen LogP contribution is 2.29. The molecule has 1 aliphatic heterocycles. The standard InChI is InChI=1S/C25H28N4O/c30-24(16-20-8-2-1-3-9-20)28-25(23-12-4-5-14-27-23)22-11-7-15-29(19-22)18-21-10-6-13-26-17-21/h1-6,8-10,12-14,17,22,25H,7,11,15-16,18-19H2,(H,28,30)/t22-,25+/m0/s1. The highest BCUT2D eigenvalue weighted by atomic mass is 16.1. The second-order valence-electron chi connectivity index (χ2n) is 7.96. The molecule has 0 bridgehead atoms. The smallest absolute Gasteiger partial charge is 0.224 e. The number of amides is 1. The Morgan fingerprint density at radius 3 is 2.63 bits per heavy atom. The summed E-state index contributed by atoms with van der Waals surface area (Å²) in [4.78, 5) is 24.1. The van der Waals surface area contributed by atoms with Gasteiger partial charge in [0.1, 0.15) is 0 Å². The Bertz CT molecular complexity index is 918. The Kier molecular flexibility index (Phi) is 6.83. The van der Waals surface area contributed by atoms with Crippen LogP contribution in [-0.2, 0) is 17.8 Å². The molecular weight excluding hydrogens is 372 g/mol. The fraction of sp³-hybridized carbons (Fsp3) is 0.320. The zero-order valence-corrected chi connectivity index (χ0v) is 17.2. The lowest BCUT2D eigenvalue weighted by molar-refractivity contribution is -0.121. The van der Waals surface area contributed by atoms with Crippen molar-refractivity contribution in [3.05, 3.63) is 96.1 Å². The van der Waals surface area contributed by atoms with Crippen LogP contribution in [0.25, 0.3) is 0 Å². The van der Waals surface area contributed by atoms with Gasteiger partial charge in [-0.05, 0) is 54.6 Å². The number of hydrogen-bond acceptors (Lipinski definition) is 4. The molecule has 2 atom stereocenters. The number of piperidine rings is 1. The quantitative estimate of drug-likeness (QED) is 0.656. The monoisotopic (exact) mass is 400 g/mol. The van der Waals surface area contributed by atoms with Crippen LogP contribution in [0.15, 0.2) is 79.3 Å². The maximum Gasteiger partial charge on any atom is 0.224 e. The third-order valence-corrected chi connectivity index (χ3v) is 5.67. The van der Waals surface area contributed by atoms with Crippen molar-refractivity contribution in [1.82, 2.24) is 20.2 Å². The first-order valence-electron chi connectivity index (χ1n) is 10.6. The zero-order valence-electron chi connectivity index (χ0n) is 17.2. The van der Waals surface area contributed by atoms with Gasteiger partial charge in [-0.2, -0.15) is 0 Å². The van der Waals surface area contributed by atoms with Gasteiger partial charge in [-0.15, -0.1) is 0 Å². The van der Waals surface area contributed by atoms with Gasteiger partial charge >= 0.3 is 0 Å². The van der Waals surface area contributed by atoms with Crippen LogP contribution in [0.3, 0.4) is 0 Å². The van der Waals surface area contributed by atoms with E-state index in [1.54, 1.807) is 0 Å². The molecule has 1 amide bonds. The highest BCUT2D eigenvalue weighted by molar-refractivity contribution is 5.79. The van der Waals surface area contributed by atoms with Crippen LogP contribution >= 0.6 is 0 Å². The molecule has 5 nitrogen and oxygen atoms in total. The normalized spacial score (nSPS) is 17.9. The van der Waals surface area contributed by atoms with Crippen LogP contribution < -0.4 is 5.32 Å².